The summed E-state index contributed by atoms with van der Waals surface area (Å²) in [6.45, 7) is 3.41. The summed E-state index contributed by atoms with van der Waals surface area (Å²) in [6.07, 6.45) is 0. The first-order chi connectivity index (χ1) is 7.83. The van der Waals surface area contributed by atoms with E-state index in [-0.39, 0.29) is 11.0 Å². The monoisotopic (exact) mass is 337 g/mol. The molecule has 0 saturated heterocycles. The van der Waals surface area contributed by atoms with Gasteiger partial charge in [0.15, 0.2) is 9.84 Å². The van der Waals surface area contributed by atoms with Crippen LogP contribution in [0.4, 0.5) is 5.69 Å². The van der Waals surface area contributed by atoms with Crippen LogP contribution in [0.3, 0.4) is 0 Å². The Morgan fingerprint density at radius 2 is 2.06 bits per heavy atom. The van der Waals surface area contributed by atoms with Gasteiger partial charge in [-0.2, -0.15) is 0 Å². The Morgan fingerprint density at radius 1 is 1.41 bits per heavy atom. The van der Waals surface area contributed by atoms with Crippen LogP contribution in [0.2, 0.25) is 0 Å². The molecular formula is C11H16BrNO2S2. The topological polar surface area (TPSA) is 60.2 Å². The van der Waals surface area contributed by atoms with Gasteiger partial charge < -0.3 is 5.73 Å². The molecule has 0 aliphatic heterocycles. The number of hydrogen-bond acceptors (Lipinski definition) is 4. The van der Waals surface area contributed by atoms with Crippen molar-refractivity contribution in [2.75, 3.05) is 17.2 Å². The molecule has 2 N–H and O–H groups in total. The molecule has 0 amide bonds. The molecule has 0 atom stereocenters. The maximum Gasteiger partial charge on any atom is 0.153 e. The number of anilines is 1. The number of hydrogen-bond donors (Lipinski definition) is 1. The number of halogens is 1. The zero-order valence-corrected chi connectivity index (χ0v) is 13.0. The molecule has 0 bridgehead atoms. The zero-order chi connectivity index (χ0) is 13.1. The quantitative estimate of drug-likeness (QED) is 0.662. The molecule has 96 valence electrons. The Labute approximate surface area is 115 Å². The number of rotatable bonds is 5. The molecule has 17 heavy (non-hydrogen) atoms. The minimum absolute atomic E-state index is 0.201. The Kier molecular flexibility index (Phi) is 5.34. The van der Waals surface area contributed by atoms with E-state index in [2.05, 4.69) is 15.9 Å². The highest BCUT2D eigenvalue weighted by Crippen LogP contribution is 2.29. The summed E-state index contributed by atoms with van der Waals surface area (Å²) < 4.78 is 24.1. The van der Waals surface area contributed by atoms with Gasteiger partial charge in [0.1, 0.15) is 0 Å². The molecule has 0 aromatic heterocycles. The lowest BCUT2D eigenvalue weighted by Gasteiger charge is -2.08. The second kappa shape index (κ2) is 6.11. The molecule has 3 nitrogen and oxygen atoms in total. The van der Waals surface area contributed by atoms with Gasteiger partial charge in [0, 0.05) is 20.8 Å². The number of sulfone groups is 1. The van der Waals surface area contributed by atoms with Crippen LogP contribution in [0.15, 0.2) is 27.6 Å². The van der Waals surface area contributed by atoms with Crippen LogP contribution in [0.25, 0.3) is 0 Å². The smallest absolute Gasteiger partial charge is 0.153 e. The fourth-order valence-corrected chi connectivity index (χ4v) is 4.19. The molecule has 0 spiro atoms. The van der Waals surface area contributed by atoms with Crippen LogP contribution >= 0.6 is 27.7 Å². The standard InChI is InChI=1S/C11H16BrNO2S2/c1-8(2)17(14,15)6-5-16-11-4-3-9(13)7-10(11)12/h3-4,7-8H,5-6,13H2,1-2H3. The van der Waals surface area contributed by atoms with E-state index in [9.17, 15) is 8.42 Å². The van der Waals surface area contributed by atoms with Crippen LogP contribution in [-0.2, 0) is 9.84 Å². The fourth-order valence-electron chi connectivity index (χ4n) is 1.14. The van der Waals surface area contributed by atoms with E-state index in [0.29, 0.717) is 11.4 Å². The second-order valence-corrected chi connectivity index (χ2v) is 8.62. The third-order valence-electron chi connectivity index (χ3n) is 2.30. The van der Waals surface area contributed by atoms with Gasteiger partial charge >= 0.3 is 0 Å². The molecular weight excluding hydrogens is 322 g/mol. The normalized spacial score (nSPS) is 12.0. The molecule has 1 rings (SSSR count). The fraction of sp³-hybridized carbons (Fsp3) is 0.455. The van der Waals surface area contributed by atoms with Crippen molar-refractivity contribution in [2.24, 2.45) is 0 Å². The van der Waals surface area contributed by atoms with E-state index in [0.717, 1.165) is 9.37 Å². The lowest BCUT2D eigenvalue weighted by molar-refractivity contribution is 0.589. The van der Waals surface area contributed by atoms with Crippen LogP contribution in [-0.4, -0.2) is 25.2 Å². The molecule has 1 aromatic rings. The highest BCUT2D eigenvalue weighted by Gasteiger charge is 2.15. The average Bonchev–Trinajstić information content (AvgIpc) is 2.21. The Balaban J connectivity index is 2.58. The van der Waals surface area contributed by atoms with Gasteiger partial charge in [-0.05, 0) is 48.0 Å². The SMILES string of the molecule is CC(C)S(=O)(=O)CCSc1ccc(N)cc1Br. The third kappa shape index (κ3) is 4.52. The van der Waals surface area contributed by atoms with Gasteiger partial charge in [-0.3, -0.25) is 0 Å². The minimum Gasteiger partial charge on any atom is -0.399 e. The van der Waals surface area contributed by atoms with Gasteiger partial charge in [0.05, 0.1) is 11.0 Å². The summed E-state index contributed by atoms with van der Waals surface area (Å²) in [7, 11) is -2.95. The van der Waals surface area contributed by atoms with Crippen molar-refractivity contribution in [1.29, 1.82) is 0 Å². The van der Waals surface area contributed by atoms with Crippen molar-refractivity contribution in [1.82, 2.24) is 0 Å². The molecule has 6 heteroatoms. The average molecular weight is 338 g/mol. The van der Waals surface area contributed by atoms with Crippen molar-refractivity contribution < 1.29 is 8.42 Å². The lowest BCUT2D eigenvalue weighted by atomic mass is 10.3. The van der Waals surface area contributed by atoms with Crippen LogP contribution in [0.5, 0.6) is 0 Å². The predicted molar refractivity (Wildman–Crippen MR) is 78.2 cm³/mol. The molecule has 0 unspecified atom stereocenters. The Morgan fingerprint density at radius 3 is 2.59 bits per heavy atom. The maximum absolute atomic E-state index is 11.6. The zero-order valence-electron chi connectivity index (χ0n) is 9.81. The maximum atomic E-state index is 11.6. The highest BCUT2D eigenvalue weighted by atomic mass is 79.9. The van der Waals surface area contributed by atoms with Crippen molar-refractivity contribution >= 4 is 43.2 Å². The van der Waals surface area contributed by atoms with Gasteiger partial charge in [-0.1, -0.05) is 0 Å². The predicted octanol–water partition coefficient (Wildman–Crippen LogP) is 2.95. The molecule has 0 aliphatic rings. The second-order valence-electron chi connectivity index (χ2n) is 3.95. The molecule has 0 heterocycles. The molecule has 0 aliphatic carbocycles. The third-order valence-corrected chi connectivity index (χ3v) is 6.76. The van der Waals surface area contributed by atoms with Gasteiger partial charge in [0.25, 0.3) is 0 Å². The summed E-state index contributed by atoms with van der Waals surface area (Å²) in [5.41, 5.74) is 6.32. The first-order valence-corrected chi connectivity index (χ1v) is 8.71. The molecule has 1 aromatic carbocycles. The largest absolute Gasteiger partial charge is 0.399 e. The summed E-state index contributed by atoms with van der Waals surface area (Å²) in [5.74, 6) is 0.759. The van der Waals surface area contributed by atoms with Crippen LogP contribution in [0, 0.1) is 0 Å². The number of benzene rings is 1. The van der Waals surface area contributed by atoms with E-state index < -0.39 is 9.84 Å². The number of nitrogen functional groups attached to an aromatic ring is 1. The van der Waals surface area contributed by atoms with E-state index in [1.165, 1.54) is 11.8 Å². The Bertz CT molecular complexity index is 486. The summed E-state index contributed by atoms with van der Waals surface area (Å²) in [6, 6.07) is 5.52. The molecule has 0 saturated carbocycles. The van der Waals surface area contributed by atoms with Gasteiger partial charge in [-0.15, -0.1) is 11.8 Å². The number of nitrogens with two attached hydrogens (primary N) is 1. The van der Waals surface area contributed by atoms with E-state index in [1.807, 2.05) is 18.2 Å². The van der Waals surface area contributed by atoms with Gasteiger partial charge in [-0.25, -0.2) is 8.42 Å². The summed E-state index contributed by atoms with van der Waals surface area (Å²) in [4.78, 5) is 1.01. The van der Waals surface area contributed by atoms with E-state index >= 15 is 0 Å². The lowest BCUT2D eigenvalue weighted by Crippen LogP contribution is -2.18. The van der Waals surface area contributed by atoms with Crippen LogP contribution in [0.1, 0.15) is 13.8 Å². The molecule has 0 fully saturated rings. The highest BCUT2D eigenvalue weighted by molar-refractivity contribution is 9.10. The van der Waals surface area contributed by atoms with Crippen molar-refractivity contribution in [2.45, 2.75) is 24.0 Å². The van der Waals surface area contributed by atoms with E-state index in [4.69, 9.17) is 5.73 Å². The summed E-state index contributed by atoms with van der Waals surface area (Å²) in [5, 5.41) is -0.307. The Hall–Kier alpha value is -0.200. The first kappa shape index (κ1) is 14.9. The van der Waals surface area contributed by atoms with Crippen molar-refractivity contribution in [3.63, 3.8) is 0 Å². The van der Waals surface area contributed by atoms with Crippen LogP contribution < -0.4 is 5.73 Å². The van der Waals surface area contributed by atoms with Crippen molar-refractivity contribution in [3.8, 4) is 0 Å². The van der Waals surface area contributed by atoms with Crippen molar-refractivity contribution in [3.05, 3.63) is 22.7 Å². The first-order valence-electron chi connectivity index (χ1n) is 5.22. The summed E-state index contributed by atoms with van der Waals surface area (Å²) >= 11 is 4.92. The minimum atomic E-state index is -2.95. The van der Waals surface area contributed by atoms with Gasteiger partial charge in [0.2, 0.25) is 0 Å². The number of thioether (sulfide) groups is 1. The molecule has 0 radical (unpaired) electrons. The van der Waals surface area contributed by atoms with E-state index in [1.54, 1.807) is 13.8 Å².